The lowest BCUT2D eigenvalue weighted by molar-refractivity contribution is -0.142. The second-order valence-corrected chi connectivity index (χ2v) is 6.20. The fourth-order valence-corrected chi connectivity index (χ4v) is 2.78. The molecular formula is C20H20N4O4. The number of ether oxygens (including phenoxy) is 1. The fourth-order valence-electron chi connectivity index (χ4n) is 2.78. The summed E-state index contributed by atoms with van der Waals surface area (Å²) in [4.78, 5) is 38.4. The third-order valence-corrected chi connectivity index (χ3v) is 4.30. The Kier molecular flexibility index (Phi) is 6.11. The van der Waals surface area contributed by atoms with Gasteiger partial charge in [0.1, 0.15) is 12.1 Å². The van der Waals surface area contributed by atoms with Crippen LogP contribution in [0.2, 0.25) is 0 Å². The zero-order chi connectivity index (χ0) is 19.9. The van der Waals surface area contributed by atoms with E-state index >= 15 is 0 Å². The van der Waals surface area contributed by atoms with Crippen LogP contribution in [0.3, 0.4) is 0 Å². The van der Waals surface area contributed by atoms with E-state index in [-0.39, 0.29) is 31.0 Å². The third-order valence-electron chi connectivity index (χ3n) is 4.30. The summed E-state index contributed by atoms with van der Waals surface area (Å²) in [6.07, 6.45) is 0.0629. The zero-order valence-corrected chi connectivity index (χ0v) is 15.4. The van der Waals surface area contributed by atoms with Crippen LogP contribution in [0.15, 0.2) is 59.4 Å². The highest BCUT2D eigenvalue weighted by Gasteiger charge is 2.18. The van der Waals surface area contributed by atoms with Crippen molar-refractivity contribution in [3.63, 3.8) is 0 Å². The van der Waals surface area contributed by atoms with Crippen molar-refractivity contribution in [3.8, 4) is 0 Å². The van der Waals surface area contributed by atoms with Crippen LogP contribution in [0.1, 0.15) is 12.0 Å². The van der Waals surface area contributed by atoms with Crippen LogP contribution in [0.25, 0.3) is 10.9 Å². The molecule has 0 radical (unpaired) electrons. The molecule has 2 aromatic carbocycles. The number of benzene rings is 2. The first-order valence-corrected chi connectivity index (χ1v) is 8.79. The number of nitrogens with zero attached hydrogens (tertiary/aromatic N) is 4. The minimum atomic E-state index is -0.409. The maximum atomic E-state index is 12.9. The first-order chi connectivity index (χ1) is 13.6. The van der Waals surface area contributed by atoms with Gasteiger partial charge in [-0.1, -0.05) is 47.7 Å². The number of carbonyl (C=O) groups is 2. The number of hydrogen-bond acceptors (Lipinski definition) is 6. The molecule has 1 amide bonds. The van der Waals surface area contributed by atoms with Crippen molar-refractivity contribution < 1.29 is 14.3 Å². The van der Waals surface area contributed by atoms with Crippen molar-refractivity contribution in [1.29, 1.82) is 0 Å². The molecule has 0 N–H and O–H groups in total. The van der Waals surface area contributed by atoms with Crippen LogP contribution < -0.4 is 5.56 Å². The fraction of sp³-hybridized carbons (Fsp3) is 0.250. The Morgan fingerprint density at radius 2 is 1.79 bits per heavy atom. The summed E-state index contributed by atoms with van der Waals surface area (Å²) in [7, 11) is 1.30. The van der Waals surface area contributed by atoms with E-state index in [1.165, 1.54) is 12.0 Å². The van der Waals surface area contributed by atoms with Crippen LogP contribution in [-0.4, -0.2) is 45.4 Å². The monoisotopic (exact) mass is 380 g/mol. The van der Waals surface area contributed by atoms with E-state index in [9.17, 15) is 14.4 Å². The highest BCUT2D eigenvalue weighted by Crippen LogP contribution is 2.08. The van der Waals surface area contributed by atoms with Crippen LogP contribution in [0, 0.1) is 0 Å². The van der Waals surface area contributed by atoms with E-state index in [2.05, 4.69) is 15.0 Å². The Morgan fingerprint density at radius 1 is 1.07 bits per heavy atom. The molecule has 0 aliphatic heterocycles. The number of hydrogen-bond donors (Lipinski definition) is 0. The van der Waals surface area contributed by atoms with Gasteiger partial charge in [0.05, 0.1) is 18.9 Å². The summed E-state index contributed by atoms with van der Waals surface area (Å²) in [6, 6.07) is 16.2. The van der Waals surface area contributed by atoms with Crippen molar-refractivity contribution in [2.75, 3.05) is 13.7 Å². The largest absolute Gasteiger partial charge is 0.469 e. The Hall–Kier alpha value is -3.55. The SMILES string of the molecule is COC(=O)CCN(Cc1ccccc1)C(=O)Cn1nnc2ccccc2c1=O. The van der Waals surface area contributed by atoms with Gasteiger partial charge in [-0.3, -0.25) is 14.4 Å². The van der Waals surface area contributed by atoms with Crippen LogP contribution in [0.5, 0.6) is 0 Å². The third kappa shape index (κ3) is 4.59. The van der Waals surface area contributed by atoms with Gasteiger partial charge in [0, 0.05) is 13.1 Å². The highest BCUT2D eigenvalue weighted by molar-refractivity contribution is 5.79. The summed E-state index contributed by atoms with van der Waals surface area (Å²) in [5.41, 5.74) is 1.01. The van der Waals surface area contributed by atoms with Gasteiger partial charge in [0.25, 0.3) is 5.56 Å². The first-order valence-electron chi connectivity index (χ1n) is 8.79. The average molecular weight is 380 g/mol. The number of rotatable bonds is 7. The van der Waals surface area contributed by atoms with Gasteiger partial charge >= 0.3 is 5.97 Å². The maximum Gasteiger partial charge on any atom is 0.307 e. The molecule has 1 heterocycles. The molecule has 8 heteroatoms. The summed E-state index contributed by atoms with van der Waals surface area (Å²) in [5.74, 6) is -0.743. The smallest absolute Gasteiger partial charge is 0.307 e. The molecule has 0 fully saturated rings. The summed E-state index contributed by atoms with van der Waals surface area (Å²) >= 11 is 0. The van der Waals surface area contributed by atoms with Gasteiger partial charge in [0.2, 0.25) is 5.91 Å². The van der Waals surface area contributed by atoms with E-state index in [1.54, 1.807) is 24.3 Å². The second kappa shape index (κ2) is 8.90. The van der Waals surface area contributed by atoms with Crippen molar-refractivity contribution in [2.45, 2.75) is 19.5 Å². The molecule has 0 unspecified atom stereocenters. The summed E-state index contributed by atoms with van der Waals surface area (Å²) in [5, 5.41) is 8.25. The number of esters is 1. The molecule has 3 aromatic rings. The molecule has 0 spiro atoms. The van der Waals surface area contributed by atoms with Gasteiger partial charge in [-0.25, -0.2) is 4.68 Å². The number of methoxy groups -OCH3 is 1. The molecule has 3 rings (SSSR count). The topological polar surface area (TPSA) is 94.4 Å². The molecular weight excluding hydrogens is 360 g/mol. The second-order valence-electron chi connectivity index (χ2n) is 6.20. The predicted octanol–water partition coefficient (Wildman–Crippen LogP) is 1.38. The maximum absolute atomic E-state index is 12.9. The van der Waals surface area contributed by atoms with Crippen LogP contribution in [0.4, 0.5) is 0 Å². The highest BCUT2D eigenvalue weighted by atomic mass is 16.5. The molecule has 0 bridgehead atoms. The quantitative estimate of drug-likeness (QED) is 0.575. The van der Waals surface area contributed by atoms with Crippen molar-refractivity contribution in [3.05, 3.63) is 70.5 Å². The molecule has 1 aromatic heterocycles. The molecule has 144 valence electrons. The lowest BCUT2D eigenvalue weighted by atomic mass is 10.2. The normalized spacial score (nSPS) is 10.6. The van der Waals surface area contributed by atoms with Gasteiger partial charge in [0.15, 0.2) is 0 Å². The minimum Gasteiger partial charge on any atom is -0.469 e. The van der Waals surface area contributed by atoms with Gasteiger partial charge in [-0.2, -0.15) is 0 Å². The van der Waals surface area contributed by atoms with Crippen LogP contribution in [-0.2, 0) is 27.4 Å². The van der Waals surface area contributed by atoms with Crippen molar-refractivity contribution in [1.82, 2.24) is 19.9 Å². The number of aromatic nitrogens is 3. The van der Waals surface area contributed by atoms with Crippen molar-refractivity contribution in [2.24, 2.45) is 0 Å². The summed E-state index contributed by atoms with van der Waals surface area (Å²) in [6.45, 7) is 0.229. The zero-order valence-electron chi connectivity index (χ0n) is 15.4. The molecule has 8 nitrogen and oxygen atoms in total. The Morgan fingerprint density at radius 3 is 2.54 bits per heavy atom. The van der Waals surface area contributed by atoms with Crippen LogP contribution >= 0.6 is 0 Å². The van der Waals surface area contributed by atoms with Gasteiger partial charge < -0.3 is 9.64 Å². The predicted molar refractivity (Wildman–Crippen MR) is 102 cm³/mol. The number of carbonyl (C=O) groups excluding carboxylic acids is 2. The molecule has 0 aliphatic carbocycles. The van der Waals surface area contributed by atoms with Crippen molar-refractivity contribution >= 4 is 22.8 Å². The van der Waals surface area contributed by atoms with E-state index in [0.717, 1.165) is 10.2 Å². The lowest BCUT2D eigenvalue weighted by Gasteiger charge is -2.22. The minimum absolute atomic E-state index is 0.0629. The molecule has 0 aliphatic rings. The number of fused-ring (bicyclic) bond motifs is 1. The Bertz CT molecular complexity index is 1030. The lowest BCUT2D eigenvalue weighted by Crippen LogP contribution is -2.38. The van der Waals surface area contributed by atoms with E-state index in [0.29, 0.717) is 17.4 Å². The van der Waals surface area contributed by atoms with E-state index < -0.39 is 5.97 Å². The molecule has 28 heavy (non-hydrogen) atoms. The molecule has 0 saturated heterocycles. The summed E-state index contributed by atoms with van der Waals surface area (Å²) < 4.78 is 5.70. The molecule has 0 saturated carbocycles. The average Bonchev–Trinajstić information content (AvgIpc) is 2.73. The number of amides is 1. The first kappa shape index (κ1) is 19.2. The molecule has 0 atom stereocenters. The Balaban J connectivity index is 1.81. The van der Waals surface area contributed by atoms with E-state index in [4.69, 9.17) is 0 Å². The Labute approximate surface area is 161 Å². The van der Waals surface area contributed by atoms with Gasteiger partial charge in [-0.05, 0) is 17.7 Å². The van der Waals surface area contributed by atoms with Gasteiger partial charge in [-0.15, -0.1) is 5.10 Å². The standard InChI is InChI=1S/C20H20N4O4/c1-28-19(26)11-12-23(13-15-7-3-2-4-8-15)18(25)14-24-20(27)16-9-5-6-10-17(16)21-22-24/h2-10H,11-14H2,1H3. The van der Waals surface area contributed by atoms with E-state index in [1.807, 2.05) is 30.3 Å².